The van der Waals surface area contributed by atoms with Gasteiger partial charge < -0.3 is 15.3 Å². The van der Waals surface area contributed by atoms with Crippen LogP contribution in [0.4, 0.5) is 5.69 Å². The molecule has 2 N–H and O–H groups in total. The van der Waals surface area contributed by atoms with E-state index in [0.29, 0.717) is 12.2 Å². The maximum atomic E-state index is 13.3. The minimum absolute atomic E-state index is 0.0296. The summed E-state index contributed by atoms with van der Waals surface area (Å²) in [6.45, 7) is 0.671. The van der Waals surface area contributed by atoms with Gasteiger partial charge in [-0.2, -0.15) is 0 Å². The largest absolute Gasteiger partial charge is 0.394 e. The second-order valence-corrected chi connectivity index (χ2v) is 7.96. The topological polar surface area (TPSA) is 65.5 Å². The number of aliphatic hydroxyl groups excluding tert-OH is 1. The monoisotopic (exact) mass is 409 g/mol. The van der Waals surface area contributed by atoms with Gasteiger partial charge in [-0.1, -0.05) is 36.1 Å². The third-order valence-electron chi connectivity index (χ3n) is 6.14. The Morgan fingerprint density at radius 3 is 2.65 bits per heavy atom. The van der Waals surface area contributed by atoms with Gasteiger partial charge in [0.15, 0.2) is 0 Å². The Hall–Kier alpha value is -3.62. The Morgan fingerprint density at radius 2 is 1.87 bits per heavy atom. The van der Waals surface area contributed by atoms with Crippen molar-refractivity contribution < 1.29 is 9.90 Å². The Labute approximate surface area is 181 Å². The van der Waals surface area contributed by atoms with E-state index < -0.39 is 0 Å². The van der Waals surface area contributed by atoms with Crippen LogP contribution in [0.2, 0.25) is 0 Å². The van der Waals surface area contributed by atoms with Crippen LogP contribution < -0.4 is 5.32 Å². The van der Waals surface area contributed by atoms with Gasteiger partial charge in [-0.3, -0.25) is 9.78 Å². The Kier molecular flexibility index (Phi) is 5.15. The lowest BCUT2D eigenvalue weighted by Crippen LogP contribution is -2.43. The van der Waals surface area contributed by atoms with Crippen molar-refractivity contribution in [1.29, 1.82) is 0 Å². The minimum atomic E-state index is -0.110. The number of nitrogens with zero attached hydrogens (tertiary/aromatic N) is 2. The van der Waals surface area contributed by atoms with Crippen molar-refractivity contribution in [3.63, 3.8) is 0 Å². The van der Waals surface area contributed by atoms with Crippen LogP contribution in [-0.2, 0) is 0 Å². The first-order chi connectivity index (χ1) is 15.2. The summed E-state index contributed by atoms with van der Waals surface area (Å²) in [5.74, 6) is 6.53. The lowest BCUT2D eigenvalue weighted by atomic mass is 9.82. The van der Waals surface area contributed by atoms with Gasteiger partial charge in [-0.25, -0.2) is 0 Å². The van der Waals surface area contributed by atoms with Crippen LogP contribution in [0.25, 0.3) is 0 Å². The Bertz CT molecular complexity index is 1150. The molecule has 2 aliphatic rings. The molecule has 0 unspecified atom stereocenters. The van der Waals surface area contributed by atoms with Crippen LogP contribution in [0.1, 0.15) is 39.6 Å². The molecule has 0 radical (unpaired) electrons. The van der Waals surface area contributed by atoms with Gasteiger partial charge in [0, 0.05) is 35.5 Å². The molecular weight excluding hydrogens is 386 g/mol. The molecule has 154 valence electrons. The van der Waals surface area contributed by atoms with Crippen molar-refractivity contribution >= 4 is 11.6 Å². The van der Waals surface area contributed by atoms with E-state index >= 15 is 0 Å². The minimum Gasteiger partial charge on any atom is -0.394 e. The van der Waals surface area contributed by atoms with Crippen molar-refractivity contribution in [2.75, 3.05) is 18.5 Å². The number of carbonyl (C=O) groups is 1. The molecule has 1 aromatic heterocycles. The second-order valence-electron chi connectivity index (χ2n) is 7.96. The molecule has 0 saturated carbocycles. The van der Waals surface area contributed by atoms with Crippen molar-refractivity contribution in [1.82, 2.24) is 9.88 Å². The van der Waals surface area contributed by atoms with E-state index in [1.54, 1.807) is 12.3 Å². The van der Waals surface area contributed by atoms with E-state index in [2.05, 4.69) is 28.2 Å². The molecular formula is C26H23N3O2. The predicted molar refractivity (Wildman–Crippen MR) is 119 cm³/mol. The number of rotatable bonds is 2. The molecule has 3 heterocycles. The average molecular weight is 409 g/mol. The van der Waals surface area contributed by atoms with Crippen LogP contribution >= 0.6 is 0 Å². The van der Waals surface area contributed by atoms with E-state index in [9.17, 15) is 9.90 Å². The number of pyridine rings is 1. The van der Waals surface area contributed by atoms with Crippen molar-refractivity contribution in [2.24, 2.45) is 5.92 Å². The number of carbonyl (C=O) groups excluding carboxylic acids is 1. The lowest BCUT2D eigenvalue weighted by molar-refractivity contribution is 0.0695. The number of hydrogen-bond donors (Lipinski definition) is 2. The molecule has 1 fully saturated rings. The molecule has 31 heavy (non-hydrogen) atoms. The molecule has 2 aliphatic heterocycles. The number of aliphatic hydroxyl groups is 1. The maximum absolute atomic E-state index is 13.3. The van der Waals surface area contributed by atoms with Gasteiger partial charge in [0.05, 0.1) is 18.7 Å². The van der Waals surface area contributed by atoms with Gasteiger partial charge in [0.1, 0.15) is 5.69 Å². The second kappa shape index (κ2) is 8.25. The highest BCUT2D eigenvalue weighted by Gasteiger charge is 2.46. The number of fused-ring (bicyclic) bond motifs is 3. The van der Waals surface area contributed by atoms with Crippen LogP contribution in [0, 0.1) is 17.8 Å². The van der Waals surface area contributed by atoms with E-state index in [-0.39, 0.29) is 30.5 Å². The fraction of sp³-hybridized carbons (Fsp3) is 0.231. The quantitative estimate of drug-likeness (QED) is 0.636. The van der Waals surface area contributed by atoms with Crippen molar-refractivity contribution in [3.05, 3.63) is 95.3 Å². The van der Waals surface area contributed by atoms with Gasteiger partial charge in [0.25, 0.3) is 5.91 Å². The normalized spacial score (nSPS) is 21.3. The molecule has 3 aromatic rings. The zero-order chi connectivity index (χ0) is 21.2. The van der Waals surface area contributed by atoms with Gasteiger partial charge in [-0.05, 0) is 54.4 Å². The number of aromatic nitrogens is 1. The molecule has 3 atom stereocenters. The highest BCUT2D eigenvalue weighted by molar-refractivity contribution is 5.93. The SMILES string of the molecule is O=C(c1ccccn1)N1CC[C@@H]2[C@H]1c1cc(C#Cc3ccccc3)ccc1N[C@@H]2CO. The van der Waals surface area contributed by atoms with Crippen LogP contribution in [0.3, 0.4) is 0 Å². The standard InChI is InChI=1S/C26H23N3O2/c30-17-24-20-13-15-29(26(31)23-8-4-5-14-27-23)25(20)21-16-19(11-12-22(21)28-24)10-9-18-6-2-1-3-7-18/h1-8,11-12,14,16,20,24-25,28,30H,13,15,17H2/t20-,24+,25-/m0/s1. The molecule has 5 nitrogen and oxygen atoms in total. The van der Waals surface area contributed by atoms with Crippen LogP contribution in [-0.4, -0.2) is 40.1 Å². The summed E-state index contributed by atoms with van der Waals surface area (Å²) in [6, 6.07) is 21.2. The fourth-order valence-electron chi connectivity index (χ4n) is 4.67. The first-order valence-corrected chi connectivity index (χ1v) is 10.5. The predicted octanol–water partition coefficient (Wildman–Crippen LogP) is 3.47. The number of anilines is 1. The highest BCUT2D eigenvalue weighted by atomic mass is 16.3. The number of benzene rings is 2. The molecule has 0 aliphatic carbocycles. The third-order valence-corrected chi connectivity index (χ3v) is 6.14. The third kappa shape index (κ3) is 3.67. The summed E-state index contributed by atoms with van der Waals surface area (Å²) in [7, 11) is 0. The molecule has 1 saturated heterocycles. The van der Waals surface area contributed by atoms with E-state index in [4.69, 9.17) is 0 Å². The summed E-state index contributed by atoms with van der Waals surface area (Å²) >= 11 is 0. The summed E-state index contributed by atoms with van der Waals surface area (Å²) in [4.78, 5) is 19.4. The zero-order valence-electron chi connectivity index (χ0n) is 17.0. The first kappa shape index (κ1) is 19.3. The summed E-state index contributed by atoms with van der Waals surface area (Å²) in [5.41, 5.74) is 4.32. The van der Waals surface area contributed by atoms with Gasteiger partial charge >= 0.3 is 0 Å². The van der Waals surface area contributed by atoms with Gasteiger partial charge in [-0.15, -0.1) is 0 Å². The van der Waals surface area contributed by atoms with Crippen molar-refractivity contribution in [2.45, 2.75) is 18.5 Å². The zero-order valence-corrected chi connectivity index (χ0v) is 17.0. The molecule has 1 amide bonds. The van der Waals surface area contributed by atoms with E-state index in [1.807, 2.05) is 59.5 Å². The summed E-state index contributed by atoms with van der Waals surface area (Å²) in [6.07, 6.45) is 2.48. The molecule has 0 spiro atoms. The number of amides is 1. The van der Waals surface area contributed by atoms with E-state index in [1.165, 1.54) is 0 Å². The summed E-state index contributed by atoms with van der Waals surface area (Å²) in [5, 5.41) is 13.4. The Balaban J connectivity index is 1.52. The lowest BCUT2D eigenvalue weighted by Gasteiger charge is -2.39. The average Bonchev–Trinajstić information content (AvgIpc) is 3.28. The molecule has 5 heteroatoms. The first-order valence-electron chi connectivity index (χ1n) is 10.5. The maximum Gasteiger partial charge on any atom is 0.272 e. The molecule has 2 aromatic carbocycles. The van der Waals surface area contributed by atoms with Gasteiger partial charge in [0.2, 0.25) is 0 Å². The fourth-order valence-corrected chi connectivity index (χ4v) is 4.67. The summed E-state index contributed by atoms with van der Waals surface area (Å²) < 4.78 is 0. The highest BCUT2D eigenvalue weighted by Crippen LogP contribution is 2.46. The smallest absolute Gasteiger partial charge is 0.272 e. The molecule has 0 bridgehead atoms. The number of hydrogen-bond acceptors (Lipinski definition) is 4. The number of likely N-dealkylation sites (tertiary alicyclic amines) is 1. The number of nitrogens with one attached hydrogen (secondary N) is 1. The molecule has 5 rings (SSSR count). The van der Waals surface area contributed by atoms with Crippen molar-refractivity contribution in [3.8, 4) is 11.8 Å². The van der Waals surface area contributed by atoms with E-state index in [0.717, 1.165) is 28.8 Å². The van der Waals surface area contributed by atoms with Crippen LogP contribution in [0.15, 0.2) is 72.9 Å². The van der Waals surface area contributed by atoms with Crippen LogP contribution in [0.5, 0.6) is 0 Å². The Morgan fingerprint density at radius 1 is 1.06 bits per heavy atom.